The van der Waals surface area contributed by atoms with Gasteiger partial charge in [0, 0.05) is 5.02 Å². The van der Waals surface area contributed by atoms with Crippen LogP contribution in [0.1, 0.15) is 22.8 Å². The first-order valence-corrected chi connectivity index (χ1v) is 4.55. The Hall–Kier alpha value is -1.16. The number of alkyl halides is 2. The Labute approximate surface area is 90.8 Å². The fraction of sp³-hybridized carbons (Fsp3) is 0.300. The first-order valence-electron chi connectivity index (χ1n) is 4.17. The van der Waals surface area contributed by atoms with E-state index >= 15 is 0 Å². The van der Waals surface area contributed by atoms with Crippen molar-refractivity contribution in [3.63, 3.8) is 0 Å². The summed E-state index contributed by atoms with van der Waals surface area (Å²) in [5.41, 5.74) is 0.658. The summed E-state index contributed by atoms with van der Waals surface area (Å²) in [6.07, 6.45) is 0. The largest absolute Gasteiger partial charge is 0.434 e. The molecular weight excluding hydrogens is 226 g/mol. The van der Waals surface area contributed by atoms with Crippen molar-refractivity contribution in [2.24, 2.45) is 0 Å². The van der Waals surface area contributed by atoms with E-state index in [9.17, 15) is 13.6 Å². The zero-order valence-corrected chi connectivity index (χ0v) is 8.94. The van der Waals surface area contributed by atoms with Crippen LogP contribution in [-0.4, -0.2) is 12.4 Å². The van der Waals surface area contributed by atoms with E-state index in [1.54, 1.807) is 6.92 Å². The molecule has 1 aromatic rings. The van der Waals surface area contributed by atoms with Crippen molar-refractivity contribution in [3.8, 4) is 5.75 Å². The lowest BCUT2D eigenvalue weighted by atomic mass is 10.0. The lowest BCUT2D eigenvalue weighted by Gasteiger charge is -2.11. The van der Waals surface area contributed by atoms with Gasteiger partial charge in [-0.3, -0.25) is 4.79 Å². The normalized spacial score (nSPS) is 10.5. The minimum Gasteiger partial charge on any atom is -0.434 e. The van der Waals surface area contributed by atoms with Crippen LogP contribution in [0.15, 0.2) is 12.1 Å². The molecule has 0 aliphatic carbocycles. The van der Waals surface area contributed by atoms with E-state index < -0.39 is 6.61 Å². The van der Waals surface area contributed by atoms with Gasteiger partial charge < -0.3 is 4.74 Å². The van der Waals surface area contributed by atoms with Crippen LogP contribution < -0.4 is 4.74 Å². The van der Waals surface area contributed by atoms with Crippen molar-refractivity contribution < 1.29 is 18.3 Å². The molecule has 0 spiro atoms. The van der Waals surface area contributed by atoms with Crippen molar-refractivity contribution in [1.29, 1.82) is 0 Å². The van der Waals surface area contributed by atoms with E-state index in [2.05, 4.69) is 4.74 Å². The number of carbonyl (C=O) groups excluding carboxylic acids is 1. The van der Waals surface area contributed by atoms with Gasteiger partial charge in [-0.1, -0.05) is 11.6 Å². The summed E-state index contributed by atoms with van der Waals surface area (Å²) < 4.78 is 28.3. The van der Waals surface area contributed by atoms with Gasteiger partial charge in [-0.25, -0.2) is 0 Å². The first-order chi connectivity index (χ1) is 6.91. The van der Waals surface area contributed by atoms with Gasteiger partial charge in [0.2, 0.25) is 0 Å². The summed E-state index contributed by atoms with van der Waals surface area (Å²) in [6, 6.07) is 2.73. The van der Waals surface area contributed by atoms with Gasteiger partial charge in [0.05, 0.1) is 5.56 Å². The number of aryl methyl sites for hydroxylation is 1. The van der Waals surface area contributed by atoms with Crippen LogP contribution in [0, 0.1) is 6.92 Å². The van der Waals surface area contributed by atoms with Gasteiger partial charge >= 0.3 is 6.61 Å². The maximum absolute atomic E-state index is 12.1. The van der Waals surface area contributed by atoms with Crippen LogP contribution in [0.5, 0.6) is 5.75 Å². The molecule has 0 aliphatic heterocycles. The highest BCUT2D eigenvalue weighted by Gasteiger charge is 2.16. The maximum atomic E-state index is 12.1. The molecule has 0 aromatic heterocycles. The minimum absolute atomic E-state index is 0.139. The standard InChI is InChI=1S/C10H9ClF2O2/c1-5-3-7(11)4-8(15-10(12)13)9(5)6(2)14/h3-4,10H,1-2H3. The molecule has 5 heteroatoms. The highest BCUT2D eigenvalue weighted by atomic mass is 35.5. The number of halogens is 3. The topological polar surface area (TPSA) is 26.3 Å². The average Bonchev–Trinajstić information content (AvgIpc) is 1.99. The smallest absolute Gasteiger partial charge is 0.387 e. The van der Waals surface area contributed by atoms with E-state index in [1.165, 1.54) is 19.1 Å². The molecule has 0 heterocycles. The molecule has 82 valence electrons. The van der Waals surface area contributed by atoms with E-state index in [1.807, 2.05) is 0 Å². The highest BCUT2D eigenvalue weighted by molar-refractivity contribution is 6.31. The van der Waals surface area contributed by atoms with E-state index in [0.29, 0.717) is 5.56 Å². The van der Waals surface area contributed by atoms with Gasteiger partial charge in [-0.05, 0) is 31.5 Å². The molecule has 0 saturated heterocycles. The lowest BCUT2D eigenvalue weighted by Crippen LogP contribution is -2.08. The summed E-state index contributed by atoms with van der Waals surface area (Å²) in [5, 5.41) is 0.258. The predicted molar refractivity (Wildman–Crippen MR) is 52.8 cm³/mol. The Morgan fingerprint density at radius 3 is 2.53 bits per heavy atom. The second-order valence-electron chi connectivity index (χ2n) is 3.03. The first kappa shape index (κ1) is 11.9. The summed E-state index contributed by atoms with van der Waals surface area (Å²) in [7, 11) is 0. The van der Waals surface area contributed by atoms with Crippen LogP contribution in [-0.2, 0) is 0 Å². The van der Waals surface area contributed by atoms with Gasteiger partial charge in [0.15, 0.2) is 5.78 Å². The Morgan fingerprint density at radius 2 is 2.07 bits per heavy atom. The number of ether oxygens (including phenoxy) is 1. The van der Waals surface area contributed by atoms with Crippen LogP contribution in [0.3, 0.4) is 0 Å². The van der Waals surface area contributed by atoms with Gasteiger partial charge in [0.25, 0.3) is 0 Å². The average molecular weight is 235 g/mol. The number of hydrogen-bond donors (Lipinski definition) is 0. The number of Topliss-reactive ketones (excluding diaryl/α,β-unsaturated/α-hetero) is 1. The van der Waals surface area contributed by atoms with Crippen LogP contribution in [0.2, 0.25) is 5.02 Å². The molecule has 0 aliphatic rings. The van der Waals surface area contributed by atoms with Gasteiger partial charge in [-0.15, -0.1) is 0 Å². The summed E-state index contributed by atoms with van der Waals surface area (Å²) in [5.74, 6) is -0.512. The zero-order valence-electron chi connectivity index (χ0n) is 8.18. The monoisotopic (exact) mass is 234 g/mol. The van der Waals surface area contributed by atoms with E-state index in [4.69, 9.17) is 11.6 Å². The van der Waals surface area contributed by atoms with Crippen molar-refractivity contribution >= 4 is 17.4 Å². The van der Waals surface area contributed by atoms with Gasteiger partial charge in [-0.2, -0.15) is 8.78 Å². The molecule has 1 aromatic carbocycles. The fourth-order valence-corrected chi connectivity index (χ4v) is 1.62. The van der Waals surface area contributed by atoms with E-state index in [-0.39, 0.29) is 22.1 Å². The molecule has 0 unspecified atom stereocenters. The fourth-order valence-electron chi connectivity index (χ4n) is 1.35. The van der Waals surface area contributed by atoms with Crippen LogP contribution in [0.4, 0.5) is 8.78 Å². The Balaban J connectivity index is 3.27. The van der Waals surface area contributed by atoms with Crippen molar-refractivity contribution in [2.75, 3.05) is 0 Å². The quantitative estimate of drug-likeness (QED) is 0.749. The summed E-state index contributed by atoms with van der Waals surface area (Å²) in [6.45, 7) is -0.0730. The molecule has 0 saturated carbocycles. The number of rotatable bonds is 3. The summed E-state index contributed by atoms with van der Waals surface area (Å²) >= 11 is 5.67. The third kappa shape index (κ3) is 2.89. The molecular formula is C10H9ClF2O2. The Kier molecular flexibility index (Phi) is 3.63. The highest BCUT2D eigenvalue weighted by Crippen LogP contribution is 2.28. The molecule has 0 bridgehead atoms. The summed E-state index contributed by atoms with van der Waals surface area (Å²) in [4.78, 5) is 11.2. The van der Waals surface area contributed by atoms with Crippen molar-refractivity contribution in [3.05, 3.63) is 28.3 Å². The number of carbonyl (C=O) groups is 1. The molecule has 0 atom stereocenters. The van der Waals surface area contributed by atoms with E-state index in [0.717, 1.165) is 0 Å². The number of hydrogen-bond acceptors (Lipinski definition) is 2. The molecule has 0 radical (unpaired) electrons. The number of ketones is 1. The van der Waals surface area contributed by atoms with Gasteiger partial charge in [0.1, 0.15) is 5.75 Å². The molecule has 0 amide bonds. The van der Waals surface area contributed by atoms with Crippen molar-refractivity contribution in [2.45, 2.75) is 20.5 Å². The maximum Gasteiger partial charge on any atom is 0.387 e. The lowest BCUT2D eigenvalue weighted by molar-refractivity contribution is -0.0501. The predicted octanol–water partition coefficient (Wildman–Crippen LogP) is 3.45. The second-order valence-corrected chi connectivity index (χ2v) is 3.47. The minimum atomic E-state index is -2.97. The van der Waals surface area contributed by atoms with Crippen LogP contribution >= 0.6 is 11.6 Å². The second kappa shape index (κ2) is 4.57. The molecule has 15 heavy (non-hydrogen) atoms. The molecule has 0 fully saturated rings. The van der Waals surface area contributed by atoms with Crippen molar-refractivity contribution in [1.82, 2.24) is 0 Å². The van der Waals surface area contributed by atoms with Crippen LogP contribution in [0.25, 0.3) is 0 Å². The molecule has 1 rings (SSSR count). The third-order valence-electron chi connectivity index (χ3n) is 1.83. The molecule has 2 nitrogen and oxygen atoms in total. The molecule has 0 N–H and O–H groups in total. The SMILES string of the molecule is CC(=O)c1c(C)cc(Cl)cc1OC(F)F. The zero-order chi connectivity index (χ0) is 11.6. The Bertz CT molecular complexity index is 391. The number of benzene rings is 1. The Morgan fingerprint density at radius 1 is 1.47 bits per heavy atom. The third-order valence-corrected chi connectivity index (χ3v) is 2.05.